The number of likely N-dealkylation sites (tertiary alicyclic amines) is 1. The fourth-order valence-electron chi connectivity index (χ4n) is 3.89. The van der Waals surface area contributed by atoms with Gasteiger partial charge in [-0.05, 0) is 44.4 Å². The highest BCUT2D eigenvalue weighted by atomic mass is 16.2. The quantitative estimate of drug-likeness (QED) is 0.851. The summed E-state index contributed by atoms with van der Waals surface area (Å²) in [5.41, 5.74) is 1.74. The van der Waals surface area contributed by atoms with Gasteiger partial charge in [0.2, 0.25) is 0 Å². The minimum Gasteiger partial charge on any atom is -0.369 e. The third-order valence-corrected chi connectivity index (χ3v) is 5.51. The Kier molecular flexibility index (Phi) is 5.72. The van der Waals surface area contributed by atoms with E-state index in [0.717, 1.165) is 64.2 Å². The molecule has 1 aromatic rings. The fraction of sp³-hybridized carbons (Fsp3) is 0.684. The van der Waals surface area contributed by atoms with Gasteiger partial charge in [-0.2, -0.15) is 0 Å². The van der Waals surface area contributed by atoms with Crippen molar-refractivity contribution in [3.05, 3.63) is 24.0 Å². The number of likely N-dealkylation sites (N-methyl/N-ethyl adjacent to an activating group) is 1. The van der Waals surface area contributed by atoms with Gasteiger partial charge in [-0.15, -0.1) is 0 Å². The highest BCUT2D eigenvalue weighted by Gasteiger charge is 2.27. The van der Waals surface area contributed by atoms with Gasteiger partial charge < -0.3 is 14.7 Å². The van der Waals surface area contributed by atoms with Gasteiger partial charge in [0.25, 0.3) is 5.91 Å². The van der Waals surface area contributed by atoms with Crippen LogP contribution in [0.5, 0.6) is 0 Å². The Balaban J connectivity index is 1.71. The number of piperidine rings is 1. The Labute approximate surface area is 145 Å². The van der Waals surface area contributed by atoms with Gasteiger partial charge in [-0.25, -0.2) is 0 Å². The maximum absolute atomic E-state index is 12.9. The van der Waals surface area contributed by atoms with E-state index < -0.39 is 0 Å². The number of piperazine rings is 1. The van der Waals surface area contributed by atoms with E-state index in [2.05, 4.69) is 28.6 Å². The Bertz CT molecular complexity index is 554. The van der Waals surface area contributed by atoms with Gasteiger partial charge in [0.1, 0.15) is 5.69 Å². The molecular weight excluding hydrogens is 300 g/mol. The molecule has 0 aliphatic carbocycles. The van der Waals surface area contributed by atoms with Gasteiger partial charge in [-0.3, -0.25) is 9.78 Å². The maximum atomic E-state index is 12.9. The van der Waals surface area contributed by atoms with Crippen molar-refractivity contribution in [1.82, 2.24) is 14.8 Å². The van der Waals surface area contributed by atoms with Gasteiger partial charge in [0.15, 0.2) is 0 Å². The summed E-state index contributed by atoms with van der Waals surface area (Å²) in [4.78, 5) is 24.2. The lowest BCUT2D eigenvalue weighted by Gasteiger charge is -2.36. The van der Waals surface area contributed by atoms with Crippen LogP contribution >= 0.6 is 0 Å². The largest absolute Gasteiger partial charge is 0.369 e. The lowest BCUT2D eigenvalue weighted by molar-refractivity contribution is 0.0602. The molecule has 0 N–H and O–H groups in total. The van der Waals surface area contributed by atoms with Crippen LogP contribution < -0.4 is 4.90 Å². The van der Waals surface area contributed by atoms with Crippen LogP contribution in [0.1, 0.15) is 50.0 Å². The summed E-state index contributed by atoms with van der Waals surface area (Å²) in [6.45, 7) is 10.6. The molecule has 2 aliphatic heterocycles. The molecule has 0 spiro atoms. The highest BCUT2D eigenvalue weighted by molar-refractivity contribution is 5.93. The first-order chi connectivity index (χ1) is 11.7. The summed E-state index contributed by atoms with van der Waals surface area (Å²) in [6.07, 6.45) is 6.29. The lowest BCUT2D eigenvalue weighted by atomic mass is 9.99. The third-order valence-electron chi connectivity index (χ3n) is 5.51. The summed E-state index contributed by atoms with van der Waals surface area (Å²) >= 11 is 0. The summed E-state index contributed by atoms with van der Waals surface area (Å²) in [7, 11) is 0. The van der Waals surface area contributed by atoms with Crippen LogP contribution in [0.3, 0.4) is 0 Å². The van der Waals surface area contributed by atoms with Crippen LogP contribution in [-0.4, -0.2) is 66.0 Å². The number of anilines is 1. The number of hydrogen-bond donors (Lipinski definition) is 0. The monoisotopic (exact) mass is 330 g/mol. The lowest BCUT2D eigenvalue weighted by Crippen LogP contribution is -2.46. The summed E-state index contributed by atoms with van der Waals surface area (Å²) in [5.74, 6) is 0.107. The van der Waals surface area contributed by atoms with Crippen molar-refractivity contribution < 1.29 is 4.79 Å². The minimum absolute atomic E-state index is 0.107. The number of nitrogens with zero attached hydrogens (tertiary/aromatic N) is 4. The van der Waals surface area contributed by atoms with Gasteiger partial charge in [0, 0.05) is 50.6 Å². The summed E-state index contributed by atoms with van der Waals surface area (Å²) < 4.78 is 0. The fourth-order valence-corrected chi connectivity index (χ4v) is 3.89. The van der Waals surface area contributed by atoms with Crippen LogP contribution in [0.15, 0.2) is 18.3 Å². The average molecular weight is 330 g/mol. The second-order valence-electron chi connectivity index (χ2n) is 6.88. The molecule has 3 rings (SSSR count). The minimum atomic E-state index is 0.107. The van der Waals surface area contributed by atoms with Crippen LogP contribution in [-0.2, 0) is 0 Å². The van der Waals surface area contributed by atoms with E-state index in [9.17, 15) is 4.79 Å². The molecule has 1 atom stereocenters. The predicted octanol–water partition coefficient (Wildman–Crippen LogP) is 2.63. The number of pyridine rings is 1. The van der Waals surface area contributed by atoms with Crippen LogP contribution in [0.2, 0.25) is 0 Å². The molecule has 0 radical (unpaired) electrons. The third kappa shape index (κ3) is 3.72. The molecule has 2 saturated heterocycles. The molecule has 0 aromatic carbocycles. The molecule has 5 heteroatoms. The van der Waals surface area contributed by atoms with Crippen molar-refractivity contribution in [1.29, 1.82) is 0 Å². The molecule has 24 heavy (non-hydrogen) atoms. The van der Waals surface area contributed by atoms with E-state index in [0.29, 0.717) is 11.7 Å². The topological polar surface area (TPSA) is 39.7 Å². The van der Waals surface area contributed by atoms with Crippen LogP contribution in [0.25, 0.3) is 0 Å². The van der Waals surface area contributed by atoms with Crippen molar-refractivity contribution in [3.8, 4) is 0 Å². The van der Waals surface area contributed by atoms with E-state index >= 15 is 0 Å². The van der Waals surface area contributed by atoms with Crippen LogP contribution in [0, 0.1) is 0 Å². The standard InChI is InChI=1S/C19H30N4O/c1-3-16-7-5-6-10-23(16)19(24)18-15-17(8-9-20-18)22-13-11-21(4-2)12-14-22/h8-9,15-16H,3-7,10-14H2,1-2H3. The number of carbonyl (C=O) groups excluding carboxylic acids is 1. The summed E-state index contributed by atoms with van der Waals surface area (Å²) in [6, 6.07) is 4.40. The first-order valence-electron chi connectivity index (χ1n) is 9.47. The van der Waals surface area contributed by atoms with E-state index in [1.54, 1.807) is 6.20 Å². The summed E-state index contributed by atoms with van der Waals surface area (Å²) in [5, 5.41) is 0. The molecule has 2 aliphatic rings. The van der Waals surface area contributed by atoms with Crippen molar-refractivity contribution in [2.24, 2.45) is 0 Å². The molecule has 1 amide bonds. The SMILES string of the molecule is CCC1CCCCN1C(=O)c1cc(N2CCN(CC)CC2)ccn1. The van der Waals surface area contributed by atoms with E-state index in [4.69, 9.17) is 0 Å². The van der Waals surface area contributed by atoms with Crippen LogP contribution in [0.4, 0.5) is 5.69 Å². The molecule has 2 fully saturated rings. The molecule has 0 saturated carbocycles. The molecular formula is C19H30N4O. The zero-order valence-electron chi connectivity index (χ0n) is 15.1. The number of carbonyl (C=O) groups is 1. The second-order valence-corrected chi connectivity index (χ2v) is 6.88. The highest BCUT2D eigenvalue weighted by Crippen LogP contribution is 2.23. The van der Waals surface area contributed by atoms with Crippen molar-refractivity contribution in [2.75, 3.05) is 44.2 Å². The van der Waals surface area contributed by atoms with Gasteiger partial charge >= 0.3 is 0 Å². The Hall–Kier alpha value is -1.62. The molecule has 5 nitrogen and oxygen atoms in total. The Morgan fingerprint density at radius 1 is 1.17 bits per heavy atom. The Morgan fingerprint density at radius 2 is 1.96 bits per heavy atom. The van der Waals surface area contributed by atoms with E-state index in [-0.39, 0.29) is 5.91 Å². The van der Waals surface area contributed by atoms with E-state index in [1.165, 1.54) is 6.42 Å². The average Bonchev–Trinajstić information content (AvgIpc) is 2.67. The second kappa shape index (κ2) is 7.97. The zero-order valence-corrected chi connectivity index (χ0v) is 15.1. The molecule has 3 heterocycles. The molecule has 1 unspecified atom stereocenters. The number of rotatable bonds is 4. The smallest absolute Gasteiger partial charge is 0.272 e. The van der Waals surface area contributed by atoms with Gasteiger partial charge in [0.05, 0.1) is 0 Å². The molecule has 132 valence electrons. The Morgan fingerprint density at radius 3 is 2.67 bits per heavy atom. The van der Waals surface area contributed by atoms with Gasteiger partial charge in [-0.1, -0.05) is 13.8 Å². The number of aromatic nitrogens is 1. The maximum Gasteiger partial charge on any atom is 0.272 e. The normalized spacial score (nSPS) is 22.7. The molecule has 1 aromatic heterocycles. The van der Waals surface area contributed by atoms with E-state index in [1.807, 2.05) is 17.0 Å². The first kappa shape index (κ1) is 17.2. The first-order valence-corrected chi connectivity index (χ1v) is 9.47. The molecule has 0 bridgehead atoms. The zero-order chi connectivity index (χ0) is 16.9. The predicted molar refractivity (Wildman–Crippen MR) is 97.5 cm³/mol. The number of amides is 1. The van der Waals surface area contributed by atoms with Crippen molar-refractivity contribution in [2.45, 2.75) is 45.6 Å². The number of hydrogen-bond acceptors (Lipinski definition) is 4. The van der Waals surface area contributed by atoms with Crippen molar-refractivity contribution >= 4 is 11.6 Å². The van der Waals surface area contributed by atoms with Crippen molar-refractivity contribution in [3.63, 3.8) is 0 Å².